The second kappa shape index (κ2) is 6.19. The van der Waals surface area contributed by atoms with Gasteiger partial charge in [-0.1, -0.05) is 29.3 Å². The standard InChI is InChI=1S/C14H14Cl2N2/c15-12-2-1-11(14(16)9-12)8-13(17)7-10-3-5-18-6-4-10/h1-6,9,13H,7-8,17H2. The summed E-state index contributed by atoms with van der Waals surface area (Å²) in [6.45, 7) is 0. The molecule has 2 aromatic rings. The molecule has 0 amide bonds. The molecule has 0 fully saturated rings. The zero-order valence-corrected chi connectivity index (χ0v) is 11.3. The third kappa shape index (κ3) is 3.70. The summed E-state index contributed by atoms with van der Waals surface area (Å²) in [5.74, 6) is 0. The fourth-order valence-electron chi connectivity index (χ4n) is 1.86. The van der Waals surface area contributed by atoms with E-state index in [1.165, 1.54) is 5.56 Å². The maximum absolute atomic E-state index is 6.13. The summed E-state index contributed by atoms with van der Waals surface area (Å²) in [5.41, 5.74) is 8.35. The van der Waals surface area contributed by atoms with Gasteiger partial charge in [-0.25, -0.2) is 0 Å². The van der Waals surface area contributed by atoms with Gasteiger partial charge >= 0.3 is 0 Å². The lowest BCUT2D eigenvalue weighted by Crippen LogP contribution is -2.25. The van der Waals surface area contributed by atoms with Gasteiger partial charge in [0.2, 0.25) is 0 Å². The maximum atomic E-state index is 6.13. The monoisotopic (exact) mass is 280 g/mol. The average Bonchev–Trinajstić information content (AvgIpc) is 2.34. The van der Waals surface area contributed by atoms with Gasteiger partial charge in [0.05, 0.1) is 0 Å². The van der Waals surface area contributed by atoms with Gasteiger partial charge < -0.3 is 5.73 Å². The summed E-state index contributed by atoms with van der Waals surface area (Å²) in [4.78, 5) is 3.98. The van der Waals surface area contributed by atoms with Crippen molar-refractivity contribution in [2.24, 2.45) is 5.73 Å². The molecule has 0 saturated heterocycles. The number of aromatic nitrogens is 1. The topological polar surface area (TPSA) is 38.9 Å². The molecule has 0 radical (unpaired) electrons. The van der Waals surface area contributed by atoms with Crippen molar-refractivity contribution >= 4 is 23.2 Å². The summed E-state index contributed by atoms with van der Waals surface area (Å²) in [6.07, 6.45) is 5.09. The van der Waals surface area contributed by atoms with Crippen LogP contribution in [0.4, 0.5) is 0 Å². The molecule has 0 aliphatic carbocycles. The molecule has 0 spiro atoms. The van der Waals surface area contributed by atoms with Crippen molar-refractivity contribution in [1.29, 1.82) is 0 Å². The van der Waals surface area contributed by atoms with E-state index >= 15 is 0 Å². The van der Waals surface area contributed by atoms with Gasteiger partial charge in [0.15, 0.2) is 0 Å². The minimum Gasteiger partial charge on any atom is -0.327 e. The summed E-state index contributed by atoms with van der Waals surface area (Å²) < 4.78 is 0. The fraction of sp³-hybridized carbons (Fsp3) is 0.214. The van der Waals surface area contributed by atoms with E-state index in [2.05, 4.69) is 4.98 Å². The number of nitrogens with two attached hydrogens (primary N) is 1. The lowest BCUT2D eigenvalue weighted by Gasteiger charge is -2.13. The third-order valence-electron chi connectivity index (χ3n) is 2.74. The van der Waals surface area contributed by atoms with Gasteiger partial charge in [-0.05, 0) is 48.2 Å². The Hall–Kier alpha value is -1.09. The molecule has 18 heavy (non-hydrogen) atoms. The van der Waals surface area contributed by atoms with Crippen LogP contribution in [0.25, 0.3) is 0 Å². The molecule has 0 bridgehead atoms. The van der Waals surface area contributed by atoms with Crippen LogP contribution in [0.15, 0.2) is 42.7 Å². The number of benzene rings is 1. The van der Waals surface area contributed by atoms with Crippen LogP contribution in [0.2, 0.25) is 10.0 Å². The second-order valence-corrected chi connectivity index (χ2v) is 5.10. The van der Waals surface area contributed by atoms with Crippen LogP contribution in [0.5, 0.6) is 0 Å². The van der Waals surface area contributed by atoms with Gasteiger partial charge in [-0.2, -0.15) is 0 Å². The summed E-state index contributed by atoms with van der Waals surface area (Å²) in [5, 5.41) is 1.32. The van der Waals surface area contributed by atoms with Crippen LogP contribution in [0.3, 0.4) is 0 Å². The molecule has 94 valence electrons. The normalized spacial score (nSPS) is 12.4. The number of hydrogen-bond acceptors (Lipinski definition) is 2. The Bertz CT molecular complexity index is 514. The molecule has 1 unspecified atom stereocenters. The zero-order valence-electron chi connectivity index (χ0n) is 9.81. The van der Waals surface area contributed by atoms with Crippen molar-refractivity contribution in [1.82, 2.24) is 4.98 Å². The molecule has 2 rings (SSSR count). The van der Waals surface area contributed by atoms with E-state index in [1.54, 1.807) is 18.5 Å². The number of halogens is 2. The van der Waals surface area contributed by atoms with E-state index in [-0.39, 0.29) is 6.04 Å². The smallest absolute Gasteiger partial charge is 0.0453 e. The molecule has 0 saturated carbocycles. The molecular formula is C14H14Cl2N2. The predicted molar refractivity (Wildman–Crippen MR) is 76.1 cm³/mol. The average molecular weight is 281 g/mol. The van der Waals surface area contributed by atoms with Crippen molar-refractivity contribution in [2.75, 3.05) is 0 Å². The van der Waals surface area contributed by atoms with E-state index in [0.717, 1.165) is 18.4 Å². The molecule has 2 N–H and O–H groups in total. The quantitative estimate of drug-likeness (QED) is 0.931. The third-order valence-corrected chi connectivity index (χ3v) is 3.33. The van der Waals surface area contributed by atoms with Crippen molar-refractivity contribution in [3.05, 3.63) is 63.9 Å². The highest BCUT2D eigenvalue weighted by molar-refractivity contribution is 6.35. The first-order valence-corrected chi connectivity index (χ1v) is 6.49. The maximum Gasteiger partial charge on any atom is 0.0453 e. The Morgan fingerprint density at radius 2 is 1.78 bits per heavy atom. The molecule has 0 aliphatic rings. The largest absolute Gasteiger partial charge is 0.327 e. The van der Waals surface area contributed by atoms with E-state index in [0.29, 0.717) is 10.0 Å². The van der Waals surface area contributed by atoms with Crippen LogP contribution in [-0.2, 0) is 12.8 Å². The number of pyridine rings is 1. The van der Waals surface area contributed by atoms with Gasteiger partial charge in [-0.15, -0.1) is 0 Å². The van der Waals surface area contributed by atoms with Crippen LogP contribution in [-0.4, -0.2) is 11.0 Å². The van der Waals surface area contributed by atoms with Gasteiger partial charge in [0.1, 0.15) is 0 Å². The lowest BCUT2D eigenvalue weighted by molar-refractivity contribution is 0.664. The molecule has 2 nitrogen and oxygen atoms in total. The highest BCUT2D eigenvalue weighted by atomic mass is 35.5. The van der Waals surface area contributed by atoms with Gasteiger partial charge in [0, 0.05) is 28.5 Å². The minimum absolute atomic E-state index is 0.0334. The molecule has 1 aromatic carbocycles. The van der Waals surface area contributed by atoms with E-state index in [9.17, 15) is 0 Å². The van der Waals surface area contributed by atoms with Gasteiger partial charge in [-0.3, -0.25) is 4.98 Å². The Labute approximate surface area is 117 Å². The Morgan fingerprint density at radius 1 is 1.06 bits per heavy atom. The summed E-state index contributed by atoms with van der Waals surface area (Å²) in [7, 11) is 0. The fourth-order valence-corrected chi connectivity index (χ4v) is 2.35. The molecule has 1 heterocycles. The lowest BCUT2D eigenvalue weighted by atomic mass is 10.0. The van der Waals surface area contributed by atoms with E-state index < -0.39 is 0 Å². The van der Waals surface area contributed by atoms with Crippen molar-refractivity contribution in [3.63, 3.8) is 0 Å². The number of rotatable bonds is 4. The van der Waals surface area contributed by atoms with Gasteiger partial charge in [0.25, 0.3) is 0 Å². The van der Waals surface area contributed by atoms with Crippen LogP contribution in [0.1, 0.15) is 11.1 Å². The highest BCUT2D eigenvalue weighted by Gasteiger charge is 2.08. The van der Waals surface area contributed by atoms with E-state index in [4.69, 9.17) is 28.9 Å². The Morgan fingerprint density at radius 3 is 2.44 bits per heavy atom. The van der Waals surface area contributed by atoms with Crippen molar-refractivity contribution < 1.29 is 0 Å². The summed E-state index contributed by atoms with van der Waals surface area (Å²) in [6, 6.07) is 9.49. The molecule has 1 aromatic heterocycles. The van der Waals surface area contributed by atoms with Crippen molar-refractivity contribution in [2.45, 2.75) is 18.9 Å². The molecule has 0 aliphatic heterocycles. The number of nitrogens with zero attached hydrogens (tertiary/aromatic N) is 1. The zero-order chi connectivity index (χ0) is 13.0. The van der Waals surface area contributed by atoms with Crippen LogP contribution >= 0.6 is 23.2 Å². The minimum atomic E-state index is 0.0334. The molecule has 4 heteroatoms. The first kappa shape index (κ1) is 13.3. The highest BCUT2D eigenvalue weighted by Crippen LogP contribution is 2.22. The first-order valence-electron chi connectivity index (χ1n) is 5.73. The molecular weight excluding hydrogens is 267 g/mol. The SMILES string of the molecule is NC(Cc1ccncc1)Cc1ccc(Cl)cc1Cl. The predicted octanol–water partition coefficient (Wildman–Crippen LogP) is 3.50. The van der Waals surface area contributed by atoms with Crippen LogP contribution < -0.4 is 5.73 Å². The summed E-state index contributed by atoms with van der Waals surface area (Å²) >= 11 is 12.0. The Balaban J connectivity index is 2.01. The van der Waals surface area contributed by atoms with Crippen LogP contribution in [0, 0.1) is 0 Å². The number of hydrogen-bond donors (Lipinski definition) is 1. The van der Waals surface area contributed by atoms with E-state index in [1.807, 2.05) is 24.3 Å². The Kier molecular flexibility index (Phi) is 4.59. The van der Waals surface area contributed by atoms with Crippen molar-refractivity contribution in [3.8, 4) is 0 Å². The molecule has 1 atom stereocenters. The first-order chi connectivity index (χ1) is 8.65. The second-order valence-electron chi connectivity index (χ2n) is 4.26.